The number of rotatable bonds is 51. The maximum absolute atomic E-state index is 13.7. The number of amides is 9. The Morgan fingerprint density at radius 1 is 0.298 bits per heavy atom. The smallest absolute Gasteiger partial charge is 0.409 e. The minimum absolute atomic E-state index is 0.0603. The predicted octanol–water partition coefficient (Wildman–Crippen LogP) is 6.08. The summed E-state index contributed by atoms with van der Waals surface area (Å²) in [6.45, 7) is -0.707. The van der Waals surface area contributed by atoms with E-state index in [4.69, 9.17) is 24.8 Å². The van der Waals surface area contributed by atoms with Crippen LogP contribution in [0.5, 0.6) is 0 Å². The van der Waals surface area contributed by atoms with Crippen molar-refractivity contribution in [1.82, 2.24) is 38.6 Å². The third-order valence-corrected chi connectivity index (χ3v) is 14.5. The molecule has 0 aromatic carbocycles. The molecule has 28 nitrogen and oxygen atoms in total. The number of aliphatic hydroxyl groups excluding tert-OH is 3. The summed E-state index contributed by atoms with van der Waals surface area (Å²) in [6.07, 6.45) is 18.4. The highest BCUT2D eigenvalue weighted by Gasteiger charge is 2.43. The third kappa shape index (κ3) is 27.4. The van der Waals surface area contributed by atoms with Crippen LogP contribution in [0.1, 0.15) is 205 Å². The summed E-state index contributed by atoms with van der Waals surface area (Å²) < 4.78 is 26.8. The Bertz CT molecular complexity index is 2360. The summed E-state index contributed by atoms with van der Waals surface area (Å²) in [5, 5.41) is 28.4. The molecule has 0 saturated carbocycles. The Hall–Kier alpha value is -6.68. The van der Waals surface area contributed by atoms with Crippen molar-refractivity contribution in [3.8, 4) is 0 Å². The molecule has 0 radical (unpaired) electrons. The summed E-state index contributed by atoms with van der Waals surface area (Å²) in [6, 6.07) is -1.29. The number of aliphatic hydroxyl groups is 3. The van der Waals surface area contributed by atoms with E-state index in [1.807, 2.05) is 0 Å². The van der Waals surface area contributed by atoms with Crippen molar-refractivity contribution in [2.24, 2.45) is 0 Å². The Morgan fingerprint density at radius 2 is 0.536 bits per heavy atom. The van der Waals surface area contributed by atoms with Crippen molar-refractivity contribution >= 4 is 54.1 Å². The molecule has 1 aromatic rings. The van der Waals surface area contributed by atoms with Crippen LogP contribution in [0.4, 0.5) is 24.0 Å². The zero-order chi connectivity index (χ0) is 61.3. The Labute approximate surface area is 490 Å². The monoisotopic (exact) mass is 1200 g/mol. The van der Waals surface area contributed by atoms with Crippen molar-refractivity contribution in [1.29, 1.82) is 0 Å². The van der Waals surface area contributed by atoms with Crippen LogP contribution in [0, 0.1) is 0 Å². The second-order valence-corrected chi connectivity index (χ2v) is 20.9. The number of imide groups is 4. The molecular weight excluding hydrogens is 1100 g/mol. The summed E-state index contributed by atoms with van der Waals surface area (Å²) in [4.78, 5) is 154. The predicted molar refractivity (Wildman–Crippen MR) is 300 cm³/mol. The number of hydrogen-bond acceptors (Lipinski definition) is 20. The fourth-order valence-electron chi connectivity index (χ4n) is 9.66. The van der Waals surface area contributed by atoms with E-state index in [0.717, 1.165) is 71.5 Å². The summed E-state index contributed by atoms with van der Waals surface area (Å²) in [5.74, 6) is -1.90. The number of ether oxygens (including phenoxy) is 5. The first kappa shape index (κ1) is 71.6. The number of urea groups is 4. The second kappa shape index (κ2) is 43.0. The van der Waals surface area contributed by atoms with Crippen LogP contribution >= 0.6 is 0 Å². The lowest BCUT2D eigenvalue weighted by Crippen LogP contribution is -2.64. The van der Waals surface area contributed by atoms with E-state index in [9.17, 15) is 57.5 Å². The SMILES string of the molecule is O=C(CCCCCCCN1C(=O)N(CCCCCCCC(=O)OCOC(=O)CCCCCCCn2c(=O)n(CCCCCCNC(=O)OCO)c(=O)n(CCCCCCN3C(=O)N(CCCCCCCC(=O)OCO)C3=O)c2=O)C1=O)OCO. The van der Waals surface area contributed by atoms with E-state index in [1.54, 1.807) is 0 Å². The van der Waals surface area contributed by atoms with Crippen LogP contribution in [0.2, 0.25) is 0 Å². The van der Waals surface area contributed by atoms with Gasteiger partial charge in [0, 0.05) is 78.0 Å². The van der Waals surface area contributed by atoms with Gasteiger partial charge in [0.2, 0.25) is 6.79 Å². The molecule has 0 atom stereocenters. The molecular formula is C56H92N8O20. The molecule has 0 spiro atoms. The molecule has 476 valence electrons. The number of alkyl carbamates (subject to hydrolysis) is 1. The molecule has 9 amide bonds. The van der Waals surface area contributed by atoms with Crippen LogP contribution in [-0.4, -0.2) is 163 Å². The van der Waals surface area contributed by atoms with Gasteiger partial charge in [-0.3, -0.25) is 19.2 Å². The van der Waals surface area contributed by atoms with Crippen LogP contribution in [-0.2, 0) is 62.5 Å². The van der Waals surface area contributed by atoms with Gasteiger partial charge in [-0.2, -0.15) is 0 Å². The maximum Gasteiger partial charge on any atom is 0.409 e. The number of nitrogens with one attached hydrogen (secondary N) is 1. The number of esters is 4. The van der Waals surface area contributed by atoms with E-state index in [2.05, 4.69) is 19.5 Å². The second-order valence-electron chi connectivity index (χ2n) is 20.9. The van der Waals surface area contributed by atoms with E-state index in [1.165, 1.54) is 19.6 Å². The largest absolute Gasteiger partial charge is 0.439 e. The molecule has 0 bridgehead atoms. The number of carbonyl (C=O) groups excluding carboxylic acids is 9. The van der Waals surface area contributed by atoms with Gasteiger partial charge in [-0.05, 0) is 77.0 Å². The number of carbonyl (C=O) groups is 9. The van der Waals surface area contributed by atoms with Gasteiger partial charge < -0.3 is 44.3 Å². The molecule has 3 rings (SSSR count). The highest BCUT2D eigenvalue weighted by molar-refractivity contribution is 6.12. The van der Waals surface area contributed by atoms with Gasteiger partial charge >= 0.3 is 71.2 Å². The highest BCUT2D eigenvalue weighted by atomic mass is 16.7. The van der Waals surface area contributed by atoms with Crippen LogP contribution < -0.4 is 22.4 Å². The number of nitrogens with zero attached hydrogens (tertiary/aromatic N) is 7. The molecule has 0 unspecified atom stereocenters. The number of hydrogen-bond donors (Lipinski definition) is 4. The normalized spacial score (nSPS) is 13.0. The van der Waals surface area contributed by atoms with E-state index in [-0.39, 0.29) is 76.0 Å². The number of aromatic nitrogens is 3. The van der Waals surface area contributed by atoms with Gasteiger partial charge in [0.05, 0.1) is 0 Å². The molecule has 28 heteroatoms. The lowest BCUT2D eigenvalue weighted by atomic mass is 10.1. The van der Waals surface area contributed by atoms with Gasteiger partial charge in [-0.1, -0.05) is 103 Å². The molecule has 3 heterocycles. The summed E-state index contributed by atoms with van der Waals surface area (Å²) >= 11 is 0. The standard InChI is InChI=1S/C56H92N8O20/c65-41-80-45(68)29-17-5-1-10-22-34-58-50(73)59(51(58)74)36-24-12-3-7-19-31-47(70)83-44-84-48(71)32-20-8-4-13-25-37-60-52(75)62(38-26-14-9-21-33-57-49(72)82-43-67)56(79)64(53(60)76)40-28-16-15-27-39-63-54(77)61(55(63)78)35-23-11-2-6-18-30-46(69)81-42-66/h65-67H,1-44H2,(H,57,72). The summed E-state index contributed by atoms with van der Waals surface area (Å²) in [5.41, 5.74) is -2.11. The lowest BCUT2D eigenvalue weighted by molar-refractivity contribution is -0.167. The molecule has 2 fully saturated rings. The van der Waals surface area contributed by atoms with Crippen molar-refractivity contribution in [3.63, 3.8) is 0 Å². The van der Waals surface area contributed by atoms with Gasteiger partial charge in [-0.15, -0.1) is 0 Å². The van der Waals surface area contributed by atoms with Crippen molar-refractivity contribution in [2.45, 2.75) is 225 Å². The zero-order valence-corrected chi connectivity index (χ0v) is 49.0. The molecule has 2 saturated heterocycles. The third-order valence-electron chi connectivity index (χ3n) is 14.5. The fourth-order valence-corrected chi connectivity index (χ4v) is 9.66. The lowest BCUT2D eigenvalue weighted by Gasteiger charge is -2.39. The Morgan fingerprint density at radius 3 is 0.821 bits per heavy atom. The van der Waals surface area contributed by atoms with E-state index < -0.39 is 74.2 Å². The Balaban J connectivity index is 1.29. The van der Waals surface area contributed by atoms with Crippen molar-refractivity contribution in [2.75, 3.05) is 59.9 Å². The first-order valence-corrected chi connectivity index (χ1v) is 30.2. The van der Waals surface area contributed by atoms with Crippen molar-refractivity contribution < 1.29 is 82.2 Å². The first-order chi connectivity index (χ1) is 40.7. The first-order valence-electron chi connectivity index (χ1n) is 30.2. The summed E-state index contributed by atoms with van der Waals surface area (Å²) in [7, 11) is 0. The molecule has 2 aliphatic heterocycles. The van der Waals surface area contributed by atoms with Gasteiger partial charge in [0.25, 0.3) is 0 Å². The highest BCUT2D eigenvalue weighted by Crippen LogP contribution is 2.21. The van der Waals surface area contributed by atoms with E-state index >= 15 is 0 Å². The maximum atomic E-state index is 13.7. The minimum atomic E-state index is -0.742. The van der Waals surface area contributed by atoms with E-state index in [0.29, 0.717) is 148 Å². The average Bonchev–Trinajstić information content (AvgIpc) is 2.34. The van der Waals surface area contributed by atoms with Crippen molar-refractivity contribution in [3.05, 3.63) is 31.5 Å². The van der Waals surface area contributed by atoms with Crippen LogP contribution in [0.25, 0.3) is 0 Å². The minimum Gasteiger partial charge on any atom is -0.439 e. The molecule has 1 aromatic heterocycles. The van der Waals surface area contributed by atoms with Gasteiger partial charge in [-0.25, -0.2) is 71.7 Å². The zero-order valence-electron chi connectivity index (χ0n) is 49.0. The molecule has 4 N–H and O–H groups in total. The molecule has 0 aliphatic carbocycles. The molecule has 84 heavy (non-hydrogen) atoms. The van der Waals surface area contributed by atoms with Crippen LogP contribution in [0.15, 0.2) is 14.4 Å². The van der Waals surface area contributed by atoms with Gasteiger partial charge in [0.15, 0.2) is 20.4 Å². The van der Waals surface area contributed by atoms with Gasteiger partial charge in [0.1, 0.15) is 0 Å². The quantitative estimate of drug-likeness (QED) is 0.0248. The molecule has 2 aliphatic rings. The topological polar surface area (TPSA) is 351 Å². The van der Waals surface area contributed by atoms with Crippen LogP contribution in [0.3, 0.4) is 0 Å². The number of unbranched alkanes of at least 4 members (excludes halogenated alkanes) is 22. The Kier molecular flexibility index (Phi) is 36.7. The fraction of sp³-hybridized carbons (Fsp3) is 0.786. The average molecular weight is 1200 g/mol.